The Hall–Kier alpha value is -2.79. The maximum absolute atomic E-state index is 13.2. The molecule has 3 aromatic rings. The molecule has 1 atom stereocenters. The largest absolute Gasteiger partial charge is 0.497 e. The van der Waals surface area contributed by atoms with Gasteiger partial charge in [0, 0.05) is 11.4 Å². The summed E-state index contributed by atoms with van der Waals surface area (Å²) in [6, 6.07) is 16.7. The first-order chi connectivity index (χ1) is 14.6. The predicted molar refractivity (Wildman–Crippen MR) is 122 cm³/mol. The summed E-state index contributed by atoms with van der Waals surface area (Å²) in [5, 5.41) is 4.41. The molecule has 0 radical (unpaired) electrons. The minimum Gasteiger partial charge on any atom is -0.497 e. The number of carbonyl (C=O) groups is 1. The molecule has 5 rings (SSSR count). The number of benzene rings is 2. The average Bonchev–Trinajstić information content (AvgIpc) is 3.17. The highest BCUT2D eigenvalue weighted by Crippen LogP contribution is 2.45. The molecule has 0 bridgehead atoms. The van der Waals surface area contributed by atoms with E-state index in [0.29, 0.717) is 0 Å². The van der Waals surface area contributed by atoms with E-state index in [1.807, 2.05) is 35.6 Å². The first-order valence-corrected chi connectivity index (χ1v) is 11.4. The third-order valence-electron chi connectivity index (χ3n) is 6.13. The monoisotopic (exact) mass is 418 g/mol. The van der Waals surface area contributed by atoms with Crippen LogP contribution in [-0.2, 0) is 19.4 Å². The SMILES string of the molecule is COc1ccc([C@H]2NC(=O)c3c(sc4c3CCCC4)N2Cc2ccc(C)cc2)cc1. The van der Waals surface area contributed by atoms with E-state index in [9.17, 15) is 4.79 Å². The van der Waals surface area contributed by atoms with Crippen molar-refractivity contribution in [2.24, 2.45) is 0 Å². The molecule has 5 heteroatoms. The third-order valence-corrected chi connectivity index (χ3v) is 7.45. The molecule has 154 valence electrons. The Labute approximate surface area is 181 Å². The van der Waals surface area contributed by atoms with E-state index in [1.54, 1.807) is 7.11 Å². The van der Waals surface area contributed by atoms with Crippen LogP contribution >= 0.6 is 11.3 Å². The number of methoxy groups -OCH3 is 1. The van der Waals surface area contributed by atoms with Gasteiger partial charge < -0.3 is 15.0 Å². The molecule has 0 spiro atoms. The molecule has 1 amide bonds. The fourth-order valence-electron chi connectivity index (χ4n) is 4.48. The number of nitrogens with one attached hydrogen (secondary N) is 1. The topological polar surface area (TPSA) is 41.6 Å². The smallest absolute Gasteiger partial charge is 0.256 e. The van der Waals surface area contributed by atoms with Crippen LogP contribution in [0.15, 0.2) is 48.5 Å². The minimum atomic E-state index is -0.197. The van der Waals surface area contributed by atoms with Gasteiger partial charge in [0.15, 0.2) is 0 Å². The van der Waals surface area contributed by atoms with Crippen LogP contribution in [0, 0.1) is 6.92 Å². The maximum atomic E-state index is 13.2. The van der Waals surface area contributed by atoms with Crippen molar-refractivity contribution in [3.05, 3.63) is 81.2 Å². The van der Waals surface area contributed by atoms with Crippen LogP contribution in [-0.4, -0.2) is 13.0 Å². The van der Waals surface area contributed by atoms with Gasteiger partial charge in [-0.3, -0.25) is 4.79 Å². The molecule has 4 nitrogen and oxygen atoms in total. The summed E-state index contributed by atoms with van der Waals surface area (Å²) in [5.41, 5.74) is 5.75. The minimum absolute atomic E-state index is 0.0605. The molecule has 1 N–H and O–H groups in total. The molecule has 0 fully saturated rings. The second-order valence-electron chi connectivity index (χ2n) is 8.15. The predicted octanol–water partition coefficient (Wildman–Crippen LogP) is 5.39. The van der Waals surface area contributed by atoms with Crippen molar-refractivity contribution >= 4 is 22.2 Å². The standard InChI is InChI=1S/C25H26N2O2S/c1-16-7-9-17(10-8-16)15-27-23(18-11-13-19(29-2)14-12-18)26-24(28)22-20-5-3-4-6-21(20)30-25(22)27/h7-14,23H,3-6,15H2,1-2H3,(H,26,28)/t23-/m0/s1. The zero-order valence-electron chi connectivity index (χ0n) is 17.4. The van der Waals surface area contributed by atoms with Crippen LogP contribution in [0.4, 0.5) is 5.00 Å². The summed E-state index contributed by atoms with van der Waals surface area (Å²) in [6.45, 7) is 2.86. The van der Waals surface area contributed by atoms with E-state index in [2.05, 4.69) is 41.4 Å². The van der Waals surface area contributed by atoms with E-state index in [0.717, 1.165) is 41.3 Å². The highest BCUT2D eigenvalue weighted by atomic mass is 32.1. The van der Waals surface area contributed by atoms with Gasteiger partial charge in [-0.15, -0.1) is 11.3 Å². The molecule has 30 heavy (non-hydrogen) atoms. The van der Waals surface area contributed by atoms with Crippen LogP contribution in [0.25, 0.3) is 0 Å². The van der Waals surface area contributed by atoms with Crippen molar-refractivity contribution in [3.8, 4) is 5.75 Å². The second-order valence-corrected chi connectivity index (χ2v) is 9.24. The van der Waals surface area contributed by atoms with Crippen molar-refractivity contribution < 1.29 is 9.53 Å². The first-order valence-electron chi connectivity index (χ1n) is 10.6. The average molecular weight is 419 g/mol. The normalized spacial score (nSPS) is 17.9. The van der Waals surface area contributed by atoms with Gasteiger partial charge in [0.05, 0.1) is 12.7 Å². The molecule has 2 heterocycles. The van der Waals surface area contributed by atoms with Gasteiger partial charge in [-0.05, 0) is 61.4 Å². The molecular formula is C25H26N2O2S. The number of carbonyl (C=O) groups excluding carboxylic acids is 1. The van der Waals surface area contributed by atoms with Crippen LogP contribution in [0.2, 0.25) is 0 Å². The molecule has 1 aliphatic heterocycles. The van der Waals surface area contributed by atoms with E-state index < -0.39 is 0 Å². The van der Waals surface area contributed by atoms with Crippen molar-refractivity contribution in [2.75, 3.05) is 12.0 Å². The maximum Gasteiger partial charge on any atom is 0.256 e. The Morgan fingerprint density at radius 2 is 1.80 bits per heavy atom. The second kappa shape index (κ2) is 7.80. The van der Waals surface area contributed by atoms with Crippen molar-refractivity contribution in [1.29, 1.82) is 0 Å². The van der Waals surface area contributed by atoms with Gasteiger partial charge in [0.1, 0.15) is 16.9 Å². The molecule has 0 unspecified atom stereocenters. The molecule has 2 aliphatic rings. The van der Waals surface area contributed by atoms with E-state index in [-0.39, 0.29) is 12.1 Å². The Morgan fingerprint density at radius 3 is 2.53 bits per heavy atom. The van der Waals surface area contributed by atoms with E-state index in [1.165, 1.54) is 34.4 Å². The number of ether oxygens (including phenoxy) is 1. The van der Waals surface area contributed by atoms with Gasteiger partial charge in [-0.25, -0.2) is 0 Å². The van der Waals surface area contributed by atoms with Crippen molar-refractivity contribution in [3.63, 3.8) is 0 Å². The lowest BCUT2D eigenvalue weighted by Crippen LogP contribution is -2.45. The quantitative estimate of drug-likeness (QED) is 0.617. The number of amides is 1. The summed E-state index contributed by atoms with van der Waals surface area (Å²) in [4.78, 5) is 17.0. The van der Waals surface area contributed by atoms with Gasteiger partial charge in [0.25, 0.3) is 5.91 Å². The first kappa shape index (κ1) is 19.2. The summed E-state index contributed by atoms with van der Waals surface area (Å²) in [7, 11) is 1.67. The van der Waals surface area contributed by atoms with Crippen molar-refractivity contribution in [2.45, 2.75) is 45.3 Å². The summed E-state index contributed by atoms with van der Waals surface area (Å²) >= 11 is 1.82. The number of anilines is 1. The Morgan fingerprint density at radius 1 is 1.07 bits per heavy atom. The summed E-state index contributed by atoms with van der Waals surface area (Å²) in [5.74, 6) is 0.878. The fraction of sp³-hybridized carbons (Fsp3) is 0.320. The van der Waals surface area contributed by atoms with Crippen LogP contribution in [0.1, 0.15) is 56.5 Å². The number of aryl methyl sites for hydroxylation is 2. The van der Waals surface area contributed by atoms with Crippen LogP contribution < -0.4 is 15.0 Å². The van der Waals surface area contributed by atoms with Crippen LogP contribution in [0.5, 0.6) is 5.75 Å². The molecule has 0 saturated heterocycles. The number of fused-ring (bicyclic) bond motifs is 3. The number of nitrogens with zero attached hydrogens (tertiary/aromatic N) is 1. The van der Waals surface area contributed by atoms with Gasteiger partial charge in [0.2, 0.25) is 0 Å². The molecule has 0 saturated carbocycles. The summed E-state index contributed by atoms with van der Waals surface area (Å²) < 4.78 is 5.32. The Kier molecular flexibility index (Phi) is 4.99. The molecular weight excluding hydrogens is 392 g/mol. The van der Waals surface area contributed by atoms with Gasteiger partial charge in [-0.1, -0.05) is 42.0 Å². The highest BCUT2D eigenvalue weighted by molar-refractivity contribution is 7.16. The van der Waals surface area contributed by atoms with Gasteiger partial charge >= 0.3 is 0 Å². The van der Waals surface area contributed by atoms with Crippen molar-refractivity contribution in [1.82, 2.24) is 5.32 Å². The number of rotatable bonds is 4. The zero-order chi connectivity index (χ0) is 20.7. The van der Waals surface area contributed by atoms with Gasteiger partial charge in [-0.2, -0.15) is 0 Å². The van der Waals surface area contributed by atoms with E-state index >= 15 is 0 Å². The molecule has 1 aliphatic carbocycles. The lowest BCUT2D eigenvalue weighted by molar-refractivity contribution is 0.0925. The Bertz CT molecular complexity index is 1070. The molecule has 2 aromatic carbocycles. The van der Waals surface area contributed by atoms with E-state index in [4.69, 9.17) is 4.74 Å². The zero-order valence-corrected chi connectivity index (χ0v) is 18.2. The lowest BCUT2D eigenvalue weighted by Gasteiger charge is -2.38. The number of hydrogen-bond acceptors (Lipinski definition) is 4. The number of thiophene rings is 1. The Balaban J connectivity index is 1.59. The summed E-state index contributed by atoms with van der Waals surface area (Å²) in [6.07, 6.45) is 4.29. The molecule has 1 aromatic heterocycles. The highest BCUT2D eigenvalue weighted by Gasteiger charge is 2.37. The number of hydrogen-bond donors (Lipinski definition) is 1. The lowest BCUT2D eigenvalue weighted by atomic mass is 9.94. The third kappa shape index (κ3) is 3.37. The van der Waals surface area contributed by atoms with Crippen LogP contribution in [0.3, 0.4) is 0 Å². The fourth-order valence-corrected chi connectivity index (χ4v) is 5.89.